The van der Waals surface area contributed by atoms with Crippen LogP contribution in [-0.2, 0) is 14.3 Å². The van der Waals surface area contributed by atoms with Crippen molar-refractivity contribution in [2.24, 2.45) is 0 Å². The van der Waals surface area contributed by atoms with Crippen LogP contribution in [-0.4, -0.2) is 41.3 Å². The number of unbranched alkanes of at least 4 members (excludes halogenated alkanes) is 3. The molecule has 104 valence electrons. The summed E-state index contributed by atoms with van der Waals surface area (Å²) in [6.45, 7) is 3.30. The molecule has 1 amide bonds. The van der Waals surface area contributed by atoms with Crippen LogP contribution in [0.25, 0.3) is 0 Å². The zero-order valence-electron chi connectivity index (χ0n) is 11.1. The van der Waals surface area contributed by atoms with E-state index in [4.69, 9.17) is 9.84 Å². The lowest BCUT2D eigenvalue weighted by atomic mass is 10.1. The van der Waals surface area contributed by atoms with Gasteiger partial charge in [-0.15, -0.1) is 0 Å². The summed E-state index contributed by atoms with van der Waals surface area (Å²) in [4.78, 5) is 23.8. The van der Waals surface area contributed by atoms with Gasteiger partial charge in [-0.1, -0.05) is 12.8 Å². The molecular weight excluding hydrogens is 234 g/mol. The monoisotopic (exact) mass is 257 g/mol. The molecule has 1 rings (SSSR count). The van der Waals surface area contributed by atoms with Gasteiger partial charge in [-0.3, -0.25) is 9.59 Å². The molecule has 0 bridgehead atoms. The van der Waals surface area contributed by atoms with Crippen LogP contribution in [0, 0.1) is 0 Å². The largest absolute Gasteiger partial charge is 0.481 e. The number of rotatable bonds is 9. The van der Waals surface area contributed by atoms with E-state index in [1.807, 2.05) is 11.8 Å². The Hall–Kier alpha value is -1.10. The second kappa shape index (κ2) is 8.08. The number of carboxylic acids is 1. The van der Waals surface area contributed by atoms with Gasteiger partial charge in [0.2, 0.25) is 5.91 Å². The molecule has 18 heavy (non-hydrogen) atoms. The molecular formula is C13H23NO4. The molecule has 5 heteroatoms. The van der Waals surface area contributed by atoms with Gasteiger partial charge in [-0.25, -0.2) is 0 Å². The van der Waals surface area contributed by atoms with E-state index in [2.05, 4.69) is 0 Å². The minimum absolute atomic E-state index is 0.0403. The van der Waals surface area contributed by atoms with Crippen molar-refractivity contribution in [1.29, 1.82) is 0 Å². The van der Waals surface area contributed by atoms with Crippen molar-refractivity contribution in [3.63, 3.8) is 0 Å². The van der Waals surface area contributed by atoms with Gasteiger partial charge in [0, 0.05) is 32.4 Å². The van der Waals surface area contributed by atoms with Gasteiger partial charge in [-0.05, 0) is 19.8 Å². The summed E-state index contributed by atoms with van der Waals surface area (Å²) < 4.78 is 5.52. The molecule has 0 aromatic carbocycles. The predicted molar refractivity (Wildman–Crippen MR) is 67.1 cm³/mol. The second-order valence-electron chi connectivity index (χ2n) is 4.59. The quantitative estimate of drug-likeness (QED) is 0.642. The Balaban J connectivity index is 2.13. The van der Waals surface area contributed by atoms with Crippen molar-refractivity contribution in [2.45, 2.75) is 58.1 Å². The third-order valence-electron chi connectivity index (χ3n) is 3.17. The van der Waals surface area contributed by atoms with Gasteiger partial charge in [0.1, 0.15) is 6.23 Å². The summed E-state index contributed by atoms with van der Waals surface area (Å²) in [5, 5.41) is 8.50. The van der Waals surface area contributed by atoms with Crippen molar-refractivity contribution >= 4 is 11.9 Å². The van der Waals surface area contributed by atoms with Crippen LogP contribution in [0.4, 0.5) is 0 Å². The number of carbonyl (C=O) groups excluding carboxylic acids is 1. The zero-order valence-corrected chi connectivity index (χ0v) is 11.1. The van der Waals surface area contributed by atoms with E-state index in [0.29, 0.717) is 13.0 Å². The average Bonchev–Trinajstić information content (AvgIpc) is 2.66. The van der Waals surface area contributed by atoms with Crippen LogP contribution in [0.5, 0.6) is 0 Å². The highest BCUT2D eigenvalue weighted by atomic mass is 16.5. The SMILES string of the molecule is CCOC1CCC(=O)N1CCCCCCC(=O)O. The van der Waals surface area contributed by atoms with Crippen LogP contribution in [0.2, 0.25) is 0 Å². The molecule has 0 aliphatic carbocycles. The number of nitrogens with zero attached hydrogens (tertiary/aromatic N) is 1. The van der Waals surface area contributed by atoms with Gasteiger partial charge in [0.15, 0.2) is 0 Å². The molecule has 1 aliphatic heterocycles. The Labute approximate surface area is 108 Å². The standard InChI is InChI=1S/C13H23NO4/c1-2-18-12-9-8-11(15)14(12)10-6-4-3-5-7-13(16)17/h12H,2-10H2,1H3,(H,16,17). The van der Waals surface area contributed by atoms with E-state index < -0.39 is 5.97 Å². The molecule has 1 saturated heterocycles. The lowest BCUT2D eigenvalue weighted by molar-refractivity contribution is -0.137. The summed E-state index contributed by atoms with van der Waals surface area (Å²) >= 11 is 0. The molecule has 0 aromatic rings. The summed E-state index contributed by atoms with van der Waals surface area (Å²) in [5.74, 6) is -0.555. The van der Waals surface area contributed by atoms with E-state index >= 15 is 0 Å². The molecule has 1 heterocycles. The maximum absolute atomic E-state index is 11.6. The van der Waals surface area contributed by atoms with E-state index in [0.717, 1.165) is 38.6 Å². The van der Waals surface area contributed by atoms with Crippen molar-refractivity contribution < 1.29 is 19.4 Å². The van der Waals surface area contributed by atoms with E-state index in [1.54, 1.807) is 0 Å². The maximum Gasteiger partial charge on any atom is 0.303 e. The van der Waals surface area contributed by atoms with E-state index in [-0.39, 0.29) is 18.6 Å². The molecule has 1 aliphatic rings. The molecule has 0 saturated carbocycles. The van der Waals surface area contributed by atoms with E-state index in [9.17, 15) is 9.59 Å². The number of carboxylic acid groups (broad SMARTS) is 1. The molecule has 0 radical (unpaired) electrons. The fraction of sp³-hybridized carbons (Fsp3) is 0.846. The van der Waals surface area contributed by atoms with Crippen LogP contribution in [0.15, 0.2) is 0 Å². The lowest BCUT2D eigenvalue weighted by Crippen LogP contribution is -2.35. The average molecular weight is 257 g/mol. The lowest BCUT2D eigenvalue weighted by Gasteiger charge is -2.24. The van der Waals surface area contributed by atoms with Gasteiger partial charge >= 0.3 is 5.97 Å². The second-order valence-corrected chi connectivity index (χ2v) is 4.59. The number of hydrogen-bond donors (Lipinski definition) is 1. The number of likely N-dealkylation sites (tertiary alicyclic amines) is 1. The Morgan fingerprint density at radius 3 is 2.78 bits per heavy atom. The molecule has 1 atom stereocenters. The Morgan fingerprint density at radius 2 is 2.11 bits per heavy atom. The summed E-state index contributed by atoms with van der Waals surface area (Å²) in [6.07, 6.45) is 5.11. The number of aliphatic carboxylic acids is 1. The topological polar surface area (TPSA) is 66.8 Å². The number of carbonyl (C=O) groups is 2. The minimum Gasteiger partial charge on any atom is -0.481 e. The highest BCUT2D eigenvalue weighted by molar-refractivity contribution is 5.78. The first kappa shape index (κ1) is 15.0. The fourth-order valence-electron chi connectivity index (χ4n) is 2.25. The zero-order chi connectivity index (χ0) is 13.4. The van der Waals surface area contributed by atoms with Gasteiger partial charge in [0.05, 0.1) is 0 Å². The summed E-state index contributed by atoms with van der Waals surface area (Å²) in [6, 6.07) is 0. The fourth-order valence-corrected chi connectivity index (χ4v) is 2.25. The van der Waals surface area contributed by atoms with Crippen molar-refractivity contribution in [1.82, 2.24) is 4.90 Å². The van der Waals surface area contributed by atoms with Crippen molar-refractivity contribution in [3.05, 3.63) is 0 Å². The van der Waals surface area contributed by atoms with Gasteiger partial charge in [0.25, 0.3) is 0 Å². The first-order valence-electron chi connectivity index (χ1n) is 6.78. The molecule has 1 unspecified atom stereocenters. The van der Waals surface area contributed by atoms with E-state index in [1.165, 1.54) is 0 Å². The number of ether oxygens (including phenoxy) is 1. The molecule has 0 spiro atoms. The molecule has 5 nitrogen and oxygen atoms in total. The van der Waals surface area contributed by atoms with Crippen LogP contribution in [0.3, 0.4) is 0 Å². The van der Waals surface area contributed by atoms with Gasteiger partial charge < -0.3 is 14.7 Å². The summed E-state index contributed by atoms with van der Waals surface area (Å²) in [5.41, 5.74) is 0. The Kier molecular flexibility index (Phi) is 6.72. The third kappa shape index (κ3) is 5.04. The summed E-state index contributed by atoms with van der Waals surface area (Å²) in [7, 11) is 0. The van der Waals surface area contributed by atoms with Gasteiger partial charge in [-0.2, -0.15) is 0 Å². The highest BCUT2D eigenvalue weighted by Crippen LogP contribution is 2.20. The third-order valence-corrected chi connectivity index (χ3v) is 3.17. The Morgan fingerprint density at radius 1 is 1.39 bits per heavy atom. The van der Waals surface area contributed by atoms with Crippen LogP contribution >= 0.6 is 0 Å². The molecule has 1 N–H and O–H groups in total. The maximum atomic E-state index is 11.6. The highest BCUT2D eigenvalue weighted by Gasteiger charge is 2.30. The Bertz CT molecular complexity index is 280. The first-order chi connectivity index (χ1) is 8.65. The number of amides is 1. The van der Waals surface area contributed by atoms with Crippen LogP contribution < -0.4 is 0 Å². The van der Waals surface area contributed by atoms with Crippen molar-refractivity contribution in [3.8, 4) is 0 Å². The first-order valence-corrected chi connectivity index (χ1v) is 6.78. The smallest absolute Gasteiger partial charge is 0.303 e. The van der Waals surface area contributed by atoms with Crippen molar-refractivity contribution in [2.75, 3.05) is 13.2 Å². The molecule has 1 fully saturated rings. The molecule has 0 aromatic heterocycles. The normalized spacial score (nSPS) is 19.5. The number of hydrogen-bond acceptors (Lipinski definition) is 3. The van der Waals surface area contributed by atoms with Crippen LogP contribution in [0.1, 0.15) is 51.9 Å². The minimum atomic E-state index is -0.735. The predicted octanol–water partition coefficient (Wildman–Crippen LogP) is 2.01.